The first-order chi connectivity index (χ1) is 6.78. The van der Waals surface area contributed by atoms with Crippen LogP contribution in [0, 0.1) is 0 Å². The van der Waals surface area contributed by atoms with Crippen molar-refractivity contribution >= 4 is 11.8 Å². The van der Waals surface area contributed by atoms with Crippen molar-refractivity contribution in [1.82, 2.24) is 4.98 Å². The zero-order valence-corrected chi connectivity index (χ0v) is 8.94. The van der Waals surface area contributed by atoms with Gasteiger partial charge in [-0.15, -0.1) is 0 Å². The van der Waals surface area contributed by atoms with Gasteiger partial charge in [-0.25, -0.2) is 0 Å². The van der Waals surface area contributed by atoms with Gasteiger partial charge in [0.25, 0.3) is 0 Å². The first kappa shape index (κ1) is 8.74. The Morgan fingerprint density at radius 3 is 3.07 bits per heavy atom. The lowest BCUT2D eigenvalue weighted by Gasteiger charge is -2.17. The van der Waals surface area contributed by atoms with Gasteiger partial charge in [0, 0.05) is 23.2 Å². The van der Waals surface area contributed by atoms with Gasteiger partial charge in [0.2, 0.25) is 0 Å². The molecule has 0 amide bonds. The van der Waals surface area contributed by atoms with Crippen LogP contribution in [0.5, 0.6) is 0 Å². The van der Waals surface area contributed by atoms with Crippen molar-refractivity contribution in [2.75, 3.05) is 5.75 Å². The average Bonchev–Trinajstić information content (AvgIpc) is 2.97. The van der Waals surface area contributed by atoms with Crippen molar-refractivity contribution in [1.29, 1.82) is 0 Å². The molecule has 1 fully saturated rings. The highest BCUT2D eigenvalue weighted by molar-refractivity contribution is 7.98. The number of hydrogen-bond donors (Lipinski definition) is 1. The van der Waals surface area contributed by atoms with Crippen LogP contribution in [0.2, 0.25) is 0 Å². The molecule has 74 valence electrons. The monoisotopic (exact) mass is 206 g/mol. The number of aromatic nitrogens is 1. The van der Waals surface area contributed by atoms with Crippen molar-refractivity contribution < 1.29 is 0 Å². The summed E-state index contributed by atoms with van der Waals surface area (Å²) < 4.78 is 0. The molecular weight excluding hydrogens is 192 g/mol. The van der Waals surface area contributed by atoms with E-state index in [1.807, 2.05) is 18.0 Å². The number of pyridine rings is 1. The second-order valence-corrected chi connectivity index (χ2v) is 5.39. The molecule has 1 aliphatic heterocycles. The summed E-state index contributed by atoms with van der Waals surface area (Å²) in [5.74, 6) is 2.33. The molecule has 0 spiro atoms. The smallest absolute Gasteiger partial charge is 0.0452 e. The van der Waals surface area contributed by atoms with Crippen LogP contribution in [0.25, 0.3) is 0 Å². The normalized spacial score (nSPS) is 22.9. The van der Waals surface area contributed by atoms with E-state index in [1.54, 1.807) is 0 Å². The van der Waals surface area contributed by atoms with E-state index in [4.69, 9.17) is 5.73 Å². The Bertz CT molecular complexity index is 372. The van der Waals surface area contributed by atoms with E-state index in [-0.39, 0.29) is 5.54 Å². The van der Waals surface area contributed by atoms with Gasteiger partial charge >= 0.3 is 0 Å². The molecule has 1 aromatic rings. The predicted octanol–water partition coefficient (Wildman–Crippen LogP) is 1.82. The molecule has 1 aliphatic carbocycles. The number of nitrogens with zero attached hydrogens (tertiary/aromatic N) is 1. The van der Waals surface area contributed by atoms with Gasteiger partial charge in [-0.3, -0.25) is 4.98 Å². The van der Waals surface area contributed by atoms with Crippen molar-refractivity contribution in [3.05, 3.63) is 29.1 Å². The maximum absolute atomic E-state index is 6.15. The Morgan fingerprint density at radius 2 is 2.29 bits per heavy atom. The highest BCUT2D eigenvalue weighted by Crippen LogP contribution is 2.43. The van der Waals surface area contributed by atoms with Crippen LogP contribution >= 0.6 is 11.8 Å². The van der Waals surface area contributed by atoms with E-state index in [2.05, 4.69) is 11.1 Å². The Balaban J connectivity index is 2.01. The first-order valence-corrected chi connectivity index (χ1v) is 6.28. The SMILES string of the molecule is NC1(c2cnc3c(c2)CSCC3)CC1. The van der Waals surface area contributed by atoms with Gasteiger partial charge in [-0.1, -0.05) is 0 Å². The Labute approximate surface area is 88.3 Å². The number of nitrogens with two attached hydrogens (primary N) is 1. The van der Waals surface area contributed by atoms with E-state index >= 15 is 0 Å². The standard InChI is InChI=1S/C11H14N2S/c12-11(2-3-11)9-5-8-7-14-4-1-10(8)13-6-9/h5-6H,1-4,7,12H2. The summed E-state index contributed by atoms with van der Waals surface area (Å²) in [6.07, 6.45) is 5.36. The highest BCUT2D eigenvalue weighted by Gasteiger charge is 2.40. The molecule has 0 saturated heterocycles. The lowest BCUT2D eigenvalue weighted by Crippen LogP contribution is -2.20. The number of thioether (sulfide) groups is 1. The van der Waals surface area contributed by atoms with Crippen LogP contribution in [0.3, 0.4) is 0 Å². The zero-order chi connectivity index (χ0) is 9.60. The summed E-state index contributed by atoms with van der Waals surface area (Å²) in [7, 11) is 0. The van der Waals surface area contributed by atoms with Crippen molar-refractivity contribution in [2.24, 2.45) is 5.73 Å². The Morgan fingerprint density at radius 1 is 1.43 bits per heavy atom. The molecule has 2 nitrogen and oxygen atoms in total. The fourth-order valence-electron chi connectivity index (χ4n) is 1.94. The molecule has 0 aromatic carbocycles. The topological polar surface area (TPSA) is 38.9 Å². The second kappa shape index (κ2) is 2.97. The van der Waals surface area contributed by atoms with Gasteiger partial charge in [-0.05, 0) is 42.2 Å². The minimum atomic E-state index is -0.0237. The zero-order valence-electron chi connectivity index (χ0n) is 8.12. The summed E-state index contributed by atoms with van der Waals surface area (Å²) in [6.45, 7) is 0. The van der Waals surface area contributed by atoms with Crippen molar-refractivity contribution in [2.45, 2.75) is 30.6 Å². The lowest BCUT2D eigenvalue weighted by molar-refractivity contribution is 0.730. The number of rotatable bonds is 1. The molecular formula is C11H14N2S. The summed E-state index contributed by atoms with van der Waals surface area (Å²) in [4.78, 5) is 4.53. The van der Waals surface area contributed by atoms with E-state index < -0.39 is 0 Å². The Kier molecular flexibility index (Phi) is 1.86. The molecule has 2 heterocycles. The summed E-state index contributed by atoms with van der Waals surface area (Å²) in [6, 6.07) is 2.28. The van der Waals surface area contributed by atoms with E-state index in [1.165, 1.54) is 22.6 Å². The third-order valence-electron chi connectivity index (χ3n) is 3.16. The van der Waals surface area contributed by atoms with E-state index in [0.29, 0.717) is 0 Å². The molecule has 0 unspecified atom stereocenters. The van der Waals surface area contributed by atoms with Gasteiger partial charge in [-0.2, -0.15) is 11.8 Å². The van der Waals surface area contributed by atoms with Crippen LogP contribution in [-0.4, -0.2) is 10.7 Å². The lowest BCUT2D eigenvalue weighted by atomic mass is 10.0. The van der Waals surface area contributed by atoms with Crippen molar-refractivity contribution in [3.63, 3.8) is 0 Å². The van der Waals surface area contributed by atoms with Crippen LogP contribution in [0.4, 0.5) is 0 Å². The van der Waals surface area contributed by atoms with Crippen LogP contribution in [0.1, 0.15) is 29.7 Å². The fourth-order valence-corrected chi connectivity index (χ4v) is 2.89. The largest absolute Gasteiger partial charge is 0.321 e. The van der Waals surface area contributed by atoms with Gasteiger partial charge in [0.1, 0.15) is 0 Å². The number of fused-ring (bicyclic) bond motifs is 1. The molecule has 1 aromatic heterocycles. The third-order valence-corrected chi connectivity index (χ3v) is 4.17. The second-order valence-electron chi connectivity index (χ2n) is 4.29. The maximum atomic E-state index is 6.15. The molecule has 1 saturated carbocycles. The minimum Gasteiger partial charge on any atom is -0.321 e. The summed E-state index contributed by atoms with van der Waals surface area (Å²) in [5, 5.41) is 0. The molecule has 14 heavy (non-hydrogen) atoms. The summed E-state index contributed by atoms with van der Waals surface area (Å²) in [5.41, 5.74) is 10.1. The molecule has 2 N–H and O–H groups in total. The van der Waals surface area contributed by atoms with Crippen LogP contribution in [0.15, 0.2) is 12.3 Å². The third kappa shape index (κ3) is 1.35. The molecule has 3 rings (SSSR count). The number of hydrogen-bond acceptors (Lipinski definition) is 3. The molecule has 2 aliphatic rings. The molecule has 0 radical (unpaired) electrons. The van der Waals surface area contributed by atoms with Gasteiger partial charge in [0.05, 0.1) is 0 Å². The molecule has 3 heteroatoms. The van der Waals surface area contributed by atoms with E-state index in [9.17, 15) is 0 Å². The van der Waals surface area contributed by atoms with Gasteiger partial charge < -0.3 is 5.73 Å². The highest BCUT2D eigenvalue weighted by atomic mass is 32.2. The van der Waals surface area contributed by atoms with E-state index in [0.717, 1.165) is 25.0 Å². The van der Waals surface area contributed by atoms with Crippen molar-refractivity contribution in [3.8, 4) is 0 Å². The summed E-state index contributed by atoms with van der Waals surface area (Å²) >= 11 is 2.00. The van der Waals surface area contributed by atoms with Gasteiger partial charge in [0.15, 0.2) is 0 Å². The minimum absolute atomic E-state index is 0.0237. The number of aryl methyl sites for hydroxylation is 1. The fraction of sp³-hybridized carbons (Fsp3) is 0.545. The quantitative estimate of drug-likeness (QED) is 0.761. The first-order valence-electron chi connectivity index (χ1n) is 5.13. The molecule has 0 atom stereocenters. The average molecular weight is 206 g/mol. The van der Waals surface area contributed by atoms with Crippen LogP contribution < -0.4 is 5.73 Å². The van der Waals surface area contributed by atoms with Crippen LogP contribution in [-0.2, 0) is 17.7 Å². The maximum Gasteiger partial charge on any atom is 0.0452 e. The predicted molar refractivity (Wildman–Crippen MR) is 59.2 cm³/mol. The molecule has 0 bridgehead atoms. The Hall–Kier alpha value is -0.540.